The van der Waals surface area contributed by atoms with Crippen LogP contribution in [0, 0.1) is 19.8 Å². The van der Waals surface area contributed by atoms with Gasteiger partial charge in [0.05, 0.1) is 6.54 Å². The Bertz CT molecular complexity index is 457. The molecule has 1 saturated heterocycles. The number of nitrogens with one attached hydrogen (secondary N) is 3. The van der Waals surface area contributed by atoms with Gasteiger partial charge < -0.3 is 16.0 Å². The Morgan fingerprint density at radius 2 is 1.96 bits per heavy atom. The summed E-state index contributed by atoms with van der Waals surface area (Å²) in [5, 5.41) is 9.66. The average molecular weight is 362 g/mol. The molecule has 1 aromatic rings. The van der Waals surface area contributed by atoms with E-state index in [2.05, 4.69) is 41.9 Å². The molecule has 1 aliphatic rings. The maximum absolute atomic E-state index is 11.9. The van der Waals surface area contributed by atoms with Crippen molar-refractivity contribution in [2.24, 2.45) is 5.92 Å². The van der Waals surface area contributed by atoms with Gasteiger partial charge in [0.25, 0.3) is 0 Å². The summed E-state index contributed by atoms with van der Waals surface area (Å²) < 4.78 is 0. The summed E-state index contributed by atoms with van der Waals surface area (Å²) in [4.78, 5) is 11.9. The van der Waals surface area contributed by atoms with Crippen LogP contribution < -0.4 is 16.0 Å². The van der Waals surface area contributed by atoms with E-state index in [0.29, 0.717) is 12.5 Å². The van der Waals surface area contributed by atoms with E-state index in [9.17, 15) is 4.79 Å². The second-order valence-electron chi connectivity index (χ2n) is 5.97. The zero-order chi connectivity index (χ0) is 15.1. The van der Waals surface area contributed by atoms with Crippen LogP contribution >= 0.6 is 24.8 Å². The lowest BCUT2D eigenvalue weighted by molar-refractivity contribution is -0.119. The molecule has 0 aromatic heterocycles. The summed E-state index contributed by atoms with van der Waals surface area (Å²) >= 11 is 0. The lowest BCUT2D eigenvalue weighted by Crippen LogP contribution is -2.35. The first-order valence-corrected chi connectivity index (χ1v) is 7.94. The molecule has 6 heteroatoms. The van der Waals surface area contributed by atoms with Crippen LogP contribution in [0.3, 0.4) is 0 Å². The second-order valence-corrected chi connectivity index (χ2v) is 5.97. The van der Waals surface area contributed by atoms with Crippen LogP contribution in [0.4, 0.5) is 5.69 Å². The van der Waals surface area contributed by atoms with E-state index in [4.69, 9.17) is 0 Å². The molecule has 0 spiro atoms. The second kappa shape index (κ2) is 11.5. The number of para-hydroxylation sites is 1. The van der Waals surface area contributed by atoms with Gasteiger partial charge in [-0.25, -0.2) is 0 Å². The minimum atomic E-state index is 0. The van der Waals surface area contributed by atoms with Gasteiger partial charge in [0.15, 0.2) is 0 Å². The van der Waals surface area contributed by atoms with Crippen LogP contribution in [0.15, 0.2) is 18.2 Å². The number of aryl methyl sites for hydroxylation is 2. The third-order valence-corrected chi connectivity index (χ3v) is 4.18. The van der Waals surface area contributed by atoms with Gasteiger partial charge >= 0.3 is 0 Å². The average Bonchev–Trinajstić information content (AvgIpc) is 2.48. The van der Waals surface area contributed by atoms with Crippen molar-refractivity contribution >= 4 is 36.4 Å². The first-order chi connectivity index (χ1) is 10.2. The lowest BCUT2D eigenvalue weighted by atomic mass is 9.96. The normalized spacial score (nSPS) is 16.7. The molecule has 1 amide bonds. The number of piperidine rings is 1. The molecule has 1 aromatic carbocycles. The molecule has 0 bridgehead atoms. The van der Waals surface area contributed by atoms with Crippen molar-refractivity contribution in [1.82, 2.24) is 10.6 Å². The molecule has 132 valence electrons. The highest BCUT2D eigenvalue weighted by molar-refractivity contribution is 5.85. The number of hydrogen-bond donors (Lipinski definition) is 3. The van der Waals surface area contributed by atoms with E-state index in [0.717, 1.165) is 31.7 Å². The van der Waals surface area contributed by atoms with Gasteiger partial charge in [-0.15, -0.1) is 24.8 Å². The first-order valence-electron chi connectivity index (χ1n) is 7.94. The van der Waals surface area contributed by atoms with Crippen molar-refractivity contribution in [1.29, 1.82) is 0 Å². The number of amides is 1. The first kappa shape index (κ1) is 22.0. The highest BCUT2D eigenvalue weighted by Crippen LogP contribution is 2.18. The summed E-state index contributed by atoms with van der Waals surface area (Å²) in [5.41, 5.74) is 3.43. The number of anilines is 1. The van der Waals surface area contributed by atoms with Crippen molar-refractivity contribution in [3.8, 4) is 0 Å². The predicted octanol–water partition coefficient (Wildman–Crippen LogP) is 3.06. The Morgan fingerprint density at radius 1 is 1.26 bits per heavy atom. The molecule has 0 saturated carbocycles. The van der Waals surface area contributed by atoms with Gasteiger partial charge in [-0.05, 0) is 63.2 Å². The molecule has 1 heterocycles. The van der Waals surface area contributed by atoms with Crippen LogP contribution in [0.1, 0.15) is 30.4 Å². The molecule has 0 radical (unpaired) electrons. The fraction of sp³-hybridized carbons (Fsp3) is 0.588. The van der Waals surface area contributed by atoms with Crippen LogP contribution in [0.25, 0.3) is 0 Å². The Hall–Kier alpha value is -0.970. The van der Waals surface area contributed by atoms with Crippen LogP contribution in [-0.4, -0.2) is 32.1 Å². The van der Waals surface area contributed by atoms with E-state index in [1.165, 1.54) is 24.0 Å². The topological polar surface area (TPSA) is 53.2 Å². The van der Waals surface area contributed by atoms with Crippen LogP contribution in [-0.2, 0) is 4.79 Å². The number of carbonyl (C=O) groups excluding carboxylic acids is 1. The molecule has 1 atom stereocenters. The number of rotatable bonds is 6. The Balaban J connectivity index is 0.00000242. The van der Waals surface area contributed by atoms with Gasteiger partial charge in [0, 0.05) is 12.2 Å². The van der Waals surface area contributed by atoms with Gasteiger partial charge in [-0.3, -0.25) is 4.79 Å². The molecule has 4 nitrogen and oxygen atoms in total. The van der Waals surface area contributed by atoms with E-state index in [1.807, 2.05) is 6.07 Å². The Morgan fingerprint density at radius 3 is 2.57 bits per heavy atom. The summed E-state index contributed by atoms with van der Waals surface area (Å²) in [5.74, 6) is 0.784. The molecule has 3 N–H and O–H groups in total. The van der Waals surface area contributed by atoms with E-state index < -0.39 is 0 Å². The maximum atomic E-state index is 11.9. The highest BCUT2D eigenvalue weighted by Gasteiger charge is 2.12. The van der Waals surface area contributed by atoms with Crippen molar-refractivity contribution in [3.05, 3.63) is 29.3 Å². The summed E-state index contributed by atoms with van der Waals surface area (Å²) in [6.07, 6.45) is 3.61. The third kappa shape index (κ3) is 7.42. The molecule has 1 aliphatic heterocycles. The van der Waals surface area contributed by atoms with Gasteiger partial charge in [-0.1, -0.05) is 18.2 Å². The van der Waals surface area contributed by atoms with E-state index in [1.54, 1.807) is 0 Å². The molecule has 2 rings (SSSR count). The fourth-order valence-electron chi connectivity index (χ4n) is 2.91. The molecule has 1 unspecified atom stereocenters. The third-order valence-electron chi connectivity index (χ3n) is 4.18. The summed E-state index contributed by atoms with van der Waals surface area (Å²) in [6, 6.07) is 6.15. The maximum Gasteiger partial charge on any atom is 0.239 e. The van der Waals surface area contributed by atoms with Crippen LogP contribution in [0.2, 0.25) is 0 Å². The predicted molar refractivity (Wildman–Crippen MR) is 102 cm³/mol. The molecular weight excluding hydrogens is 333 g/mol. The Labute approximate surface area is 152 Å². The minimum absolute atomic E-state index is 0. The largest absolute Gasteiger partial charge is 0.376 e. The summed E-state index contributed by atoms with van der Waals surface area (Å²) in [6.45, 7) is 7.47. The lowest BCUT2D eigenvalue weighted by Gasteiger charge is -2.22. The minimum Gasteiger partial charge on any atom is -0.376 e. The number of carbonyl (C=O) groups is 1. The molecular formula is C17H29Cl2N3O. The zero-order valence-corrected chi connectivity index (χ0v) is 15.6. The number of hydrogen-bond acceptors (Lipinski definition) is 3. The van der Waals surface area contributed by atoms with Crippen molar-refractivity contribution in [2.75, 3.05) is 31.5 Å². The standard InChI is InChI=1S/C17H27N3O.2ClH/c1-13-5-3-6-14(2)17(13)20-12-16(21)19-10-8-15-7-4-9-18-11-15;;/h3,5-6,15,18,20H,4,7-12H2,1-2H3,(H,19,21);2*1H. The van der Waals surface area contributed by atoms with Crippen molar-refractivity contribution in [2.45, 2.75) is 33.1 Å². The molecule has 0 aliphatic carbocycles. The van der Waals surface area contributed by atoms with Crippen molar-refractivity contribution < 1.29 is 4.79 Å². The van der Waals surface area contributed by atoms with Crippen LogP contribution in [0.5, 0.6) is 0 Å². The van der Waals surface area contributed by atoms with Gasteiger partial charge in [0.2, 0.25) is 5.91 Å². The summed E-state index contributed by atoms with van der Waals surface area (Å²) in [7, 11) is 0. The monoisotopic (exact) mass is 361 g/mol. The van der Waals surface area contributed by atoms with Crippen molar-refractivity contribution in [3.63, 3.8) is 0 Å². The number of halogens is 2. The van der Waals surface area contributed by atoms with E-state index >= 15 is 0 Å². The quantitative estimate of drug-likeness (QED) is 0.729. The van der Waals surface area contributed by atoms with Gasteiger partial charge in [0.1, 0.15) is 0 Å². The number of benzene rings is 1. The molecule has 23 heavy (non-hydrogen) atoms. The zero-order valence-electron chi connectivity index (χ0n) is 14.0. The van der Waals surface area contributed by atoms with Gasteiger partial charge in [-0.2, -0.15) is 0 Å². The Kier molecular flexibility index (Phi) is 11.1. The SMILES string of the molecule is Cc1cccc(C)c1NCC(=O)NCCC1CCCNC1.Cl.Cl. The smallest absolute Gasteiger partial charge is 0.239 e. The molecule has 1 fully saturated rings. The highest BCUT2D eigenvalue weighted by atomic mass is 35.5. The fourth-order valence-corrected chi connectivity index (χ4v) is 2.91. The van der Waals surface area contributed by atoms with E-state index in [-0.39, 0.29) is 30.7 Å².